The summed E-state index contributed by atoms with van der Waals surface area (Å²) in [4.78, 5) is 4.98. The lowest BCUT2D eigenvalue weighted by atomic mass is 10.3. The van der Waals surface area contributed by atoms with Crippen LogP contribution in [-0.2, 0) is 9.57 Å². The third-order valence-electron chi connectivity index (χ3n) is 1.51. The zero-order chi connectivity index (χ0) is 9.23. The van der Waals surface area contributed by atoms with Crippen LogP contribution in [0.25, 0.3) is 0 Å². The van der Waals surface area contributed by atoms with Gasteiger partial charge >= 0.3 is 0 Å². The van der Waals surface area contributed by atoms with Crippen molar-refractivity contribution >= 4 is 0 Å². The molecule has 0 aromatic heterocycles. The average Bonchev–Trinajstić information content (AvgIpc) is 2.09. The fourth-order valence-corrected chi connectivity index (χ4v) is 0.847. The molecule has 12 heavy (non-hydrogen) atoms. The lowest BCUT2D eigenvalue weighted by Crippen LogP contribution is -2.29. The maximum absolute atomic E-state index is 5.41. The Bertz CT molecular complexity index is 88.6. The summed E-state index contributed by atoms with van der Waals surface area (Å²) in [6.45, 7) is 7.55. The van der Waals surface area contributed by atoms with Crippen LogP contribution in [0.5, 0.6) is 0 Å². The minimum absolute atomic E-state index is 0.00167. The van der Waals surface area contributed by atoms with Gasteiger partial charge in [0.2, 0.25) is 0 Å². The van der Waals surface area contributed by atoms with E-state index < -0.39 is 0 Å². The van der Waals surface area contributed by atoms with E-state index in [9.17, 15) is 0 Å². The van der Waals surface area contributed by atoms with E-state index >= 15 is 0 Å². The van der Waals surface area contributed by atoms with Gasteiger partial charge in [0.1, 0.15) is 6.23 Å². The van der Waals surface area contributed by atoms with E-state index in [1.165, 1.54) is 12.8 Å². The Labute approximate surface area is 75.4 Å². The summed E-state index contributed by atoms with van der Waals surface area (Å²) in [6, 6.07) is 0. The Morgan fingerprint density at radius 1 is 1.25 bits per heavy atom. The van der Waals surface area contributed by atoms with Gasteiger partial charge in [-0.2, -0.15) is 5.48 Å². The molecule has 74 valence electrons. The predicted molar refractivity (Wildman–Crippen MR) is 49.7 cm³/mol. The molecule has 0 aliphatic heterocycles. The number of hydrogen-bond donors (Lipinski definition) is 1. The molecule has 0 heterocycles. The topological polar surface area (TPSA) is 30.5 Å². The van der Waals surface area contributed by atoms with Gasteiger partial charge in [0.15, 0.2) is 0 Å². The van der Waals surface area contributed by atoms with E-state index in [0.29, 0.717) is 6.61 Å². The van der Waals surface area contributed by atoms with Gasteiger partial charge in [-0.15, -0.1) is 0 Å². The molecule has 1 unspecified atom stereocenters. The van der Waals surface area contributed by atoms with Crippen LogP contribution in [0.3, 0.4) is 0 Å². The lowest BCUT2D eigenvalue weighted by molar-refractivity contribution is -0.0792. The number of hydroxylamine groups is 1. The molecule has 0 aliphatic carbocycles. The molecule has 0 saturated heterocycles. The summed E-state index contributed by atoms with van der Waals surface area (Å²) in [5.74, 6) is 0. The van der Waals surface area contributed by atoms with Crippen molar-refractivity contribution in [1.29, 1.82) is 0 Å². The van der Waals surface area contributed by atoms with Crippen molar-refractivity contribution < 1.29 is 9.57 Å². The van der Waals surface area contributed by atoms with Gasteiger partial charge in [-0.3, -0.25) is 4.84 Å². The number of rotatable bonds is 8. The van der Waals surface area contributed by atoms with Crippen LogP contribution in [0.1, 0.15) is 40.0 Å². The number of unbranched alkanes of at least 4 members (excludes halogenated alkanes) is 2. The van der Waals surface area contributed by atoms with E-state index in [-0.39, 0.29) is 6.23 Å². The molecule has 0 aliphatic rings. The van der Waals surface area contributed by atoms with Crippen LogP contribution < -0.4 is 5.48 Å². The molecule has 0 spiro atoms. The molecule has 0 fully saturated rings. The van der Waals surface area contributed by atoms with Gasteiger partial charge in [0.05, 0.1) is 6.61 Å². The van der Waals surface area contributed by atoms with E-state index in [1.54, 1.807) is 0 Å². The number of hydrogen-bond acceptors (Lipinski definition) is 3. The lowest BCUT2D eigenvalue weighted by Gasteiger charge is -2.13. The number of nitrogens with one attached hydrogen (secondary N) is 1. The van der Waals surface area contributed by atoms with Gasteiger partial charge in [-0.05, 0) is 20.3 Å². The van der Waals surface area contributed by atoms with Crippen LogP contribution in [0.2, 0.25) is 0 Å². The zero-order valence-electron chi connectivity index (χ0n) is 8.43. The van der Waals surface area contributed by atoms with Crippen LogP contribution in [0.4, 0.5) is 0 Å². The largest absolute Gasteiger partial charge is 0.362 e. The highest BCUT2D eigenvalue weighted by Gasteiger charge is 1.98. The van der Waals surface area contributed by atoms with Crippen LogP contribution in [0, 0.1) is 0 Å². The molecule has 0 saturated carbocycles. The van der Waals surface area contributed by atoms with Gasteiger partial charge in [-0.25, -0.2) is 0 Å². The van der Waals surface area contributed by atoms with Crippen molar-refractivity contribution in [2.24, 2.45) is 0 Å². The molecule has 0 amide bonds. The first-order chi connectivity index (χ1) is 5.81. The third-order valence-corrected chi connectivity index (χ3v) is 1.51. The summed E-state index contributed by atoms with van der Waals surface area (Å²) in [5, 5.41) is 0. The van der Waals surface area contributed by atoms with Crippen LogP contribution in [0.15, 0.2) is 0 Å². The Hall–Kier alpha value is -0.120. The summed E-state index contributed by atoms with van der Waals surface area (Å²) >= 11 is 0. The first-order valence-electron chi connectivity index (χ1n) is 4.80. The second-order valence-electron chi connectivity index (χ2n) is 2.77. The van der Waals surface area contributed by atoms with Crippen molar-refractivity contribution in [3.8, 4) is 0 Å². The molecular weight excluding hydrogens is 154 g/mol. The first kappa shape index (κ1) is 11.9. The maximum Gasteiger partial charge on any atom is 0.127 e. The van der Waals surface area contributed by atoms with E-state index in [1.807, 2.05) is 13.8 Å². The molecule has 0 aromatic carbocycles. The summed E-state index contributed by atoms with van der Waals surface area (Å²) in [6.07, 6.45) is 3.61. The van der Waals surface area contributed by atoms with Gasteiger partial charge < -0.3 is 4.74 Å². The molecule has 3 heteroatoms. The minimum atomic E-state index is 0.00167. The fraction of sp³-hybridized carbons (Fsp3) is 1.00. The average molecular weight is 175 g/mol. The quantitative estimate of drug-likeness (QED) is 0.348. The molecule has 0 bridgehead atoms. The highest BCUT2D eigenvalue weighted by atomic mass is 16.7. The molecule has 1 N–H and O–H groups in total. The fourth-order valence-electron chi connectivity index (χ4n) is 0.847. The summed E-state index contributed by atoms with van der Waals surface area (Å²) in [7, 11) is 0. The van der Waals surface area contributed by atoms with E-state index in [0.717, 1.165) is 13.0 Å². The maximum atomic E-state index is 5.41. The van der Waals surface area contributed by atoms with Crippen LogP contribution >= 0.6 is 0 Å². The standard InChI is InChI=1S/C9H21NO2/c1-4-6-7-8-11-9(3)10-12-5-2/h9-10H,4-8H2,1-3H3. The second kappa shape index (κ2) is 8.97. The third kappa shape index (κ3) is 7.98. The molecule has 0 rings (SSSR count). The second-order valence-corrected chi connectivity index (χ2v) is 2.77. The first-order valence-corrected chi connectivity index (χ1v) is 4.80. The highest BCUT2D eigenvalue weighted by molar-refractivity contribution is 4.39. The van der Waals surface area contributed by atoms with E-state index in [2.05, 4.69) is 12.4 Å². The van der Waals surface area contributed by atoms with Crippen molar-refractivity contribution in [2.45, 2.75) is 46.3 Å². The number of ether oxygens (including phenoxy) is 1. The minimum Gasteiger partial charge on any atom is -0.362 e. The molecular formula is C9H21NO2. The van der Waals surface area contributed by atoms with Crippen molar-refractivity contribution in [2.75, 3.05) is 13.2 Å². The monoisotopic (exact) mass is 175 g/mol. The Kier molecular flexibility index (Phi) is 8.88. The van der Waals surface area contributed by atoms with Crippen molar-refractivity contribution in [1.82, 2.24) is 5.48 Å². The Morgan fingerprint density at radius 3 is 2.58 bits per heavy atom. The van der Waals surface area contributed by atoms with Gasteiger partial charge in [0.25, 0.3) is 0 Å². The molecule has 0 radical (unpaired) electrons. The SMILES string of the molecule is CCCCCOC(C)NOCC. The van der Waals surface area contributed by atoms with E-state index in [4.69, 9.17) is 9.57 Å². The molecule has 1 atom stereocenters. The molecule has 0 aromatic rings. The zero-order valence-corrected chi connectivity index (χ0v) is 8.43. The van der Waals surface area contributed by atoms with Crippen molar-refractivity contribution in [3.05, 3.63) is 0 Å². The Morgan fingerprint density at radius 2 is 2.00 bits per heavy atom. The van der Waals surface area contributed by atoms with Crippen LogP contribution in [-0.4, -0.2) is 19.4 Å². The highest BCUT2D eigenvalue weighted by Crippen LogP contribution is 1.95. The Balaban J connectivity index is 3.02. The summed E-state index contributed by atoms with van der Waals surface area (Å²) in [5.41, 5.74) is 2.79. The van der Waals surface area contributed by atoms with Crippen molar-refractivity contribution in [3.63, 3.8) is 0 Å². The molecule has 3 nitrogen and oxygen atoms in total. The van der Waals surface area contributed by atoms with Gasteiger partial charge in [0, 0.05) is 6.61 Å². The normalized spacial score (nSPS) is 13.2. The summed E-state index contributed by atoms with van der Waals surface area (Å²) < 4.78 is 5.41. The smallest absolute Gasteiger partial charge is 0.127 e. The van der Waals surface area contributed by atoms with Gasteiger partial charge in [-0.1, -0.05) is 19.8 Å². The predicted octanol–water partition coefficient (Wildman–Crippen LogP) is 2.08.